The van der Waals surface area contributed by atoms with Crippen LogP contribution in [-0.4, -0.2) is 24.7 Å². The van der Waals surface area contributed by atoms with Gasteiger partial charge in [0.15, 0.2) is 0 Å². The van der Waals surface area contributed by atoms with Gasteiger partial charge < -0.3 is 10.1 Å². The van der Waals surface area contributed by atoms with Gasteiger partial charge in [0.05, 0.1) is 0 Å². The second kappa shape index (κ2) is 5.12. The monoisotopic (exact) mass is 206 g/mol. The molecule has 1 fully saturated rings. The molecule has 2 rings (SSSR count). The molecule has 0 radical (unpaired) electrons. The SMILES string of the molecule is Cc1ccc(NCCC2CCOC2)nc1. The number of nitrogens with one attached hydrogen (secondary N) is 1. The second-order valence-corrected chi connectivity index (χ2v) is 4.17. The Morgan fingerprint density at radius 3 is 3.13 bits per heavy atom. The van der Waals surface area contributed by atoms with Crippen LogP contribution in [0.2, 0.25) is 0 Å². The Morgan fingerprint density at radius 2 is 2.47 bits per heavy atom. The number of aryl methyl sites for hydroxylation is 1. The topological polar surface area (TPSA) is 34.1 Å². The third-order valence-electron chi connectivity index (χ3n) is 2.79. The van der Waals surface area contributed by atoms with Gasteiger partial charge in [-0.05, 0) is 37.3 Å². The van der Waals surface area contributed by atoms with Crippen LogP contribution in [0.4, 0.5) is 5.82 Å². The first-order valence-corrected chi connectivity index (χ1v) is 5.59. The van der Waals surface area contributed by atoms with E-state index in [2.05, 4.69) is 16.4 Å². The molecule has 1 aliphatic rings. The Bertz CT molecular complexity index is 291. The third kappa shape index (κ3) is 3.20. The highest BCUT2D eigenvalue weighted by atomic mass is 16.5. The molecule has 82 valence electrons. The van der Waals surface area contributed by atoms with Gasteiger partial charge in [-0.3, -0.25) is 0 Å². The first-order valence-electron chi connectivity index (χ1n) is 5.59. The van der Waals surface area contributed by atoms with Gasteiger partial charge in [0.2, 0.25) is 0 Å². The molecule has 1 saturated heterocycles. The van der Waals surface area contributed by atoms with Crippen molar-refractivity contribution in [3.8, 4) is 0 Å². The maximum atomic E-state index is 5.33. The summed E-state index contributed by atoms with van der Waals surface area (Å²) >= 11 is 0. The van der Waals surface area contributed by atoms with Gasteiger partial charge in [-0.1, -0.05) is 6.07 Å². The summed E-state index contributed by atoms with van der Waals surface area (Å²) in [6, 6.07) is 4.11. The lowest BCUT2D eigenvalue weighted by Crippen LogP contribution is -2.09. The Labute approximate surface area is 90.9 Å². The Hall–Kier alpha value is -1.09. The number of nitrogens with zero attached hydrogens (tertiary/aromatic N) is 1. The van der Waals surface area contributed by atoms with Gasteiger partial charge in [0.25, 0.3) is 0 Å². The van der Waals surface area contributed by atoms with Crippen molar-refractivity contribution in [1.29, 1.82) is 0 Å². The number of hydrogen-bond acceptors (Lipinski definition) is 3. The fraction of sp³-hybridized carbons (Fsp3) is 0.583. The van der Waals surface area contributed by atoms with Crippen molar-refractivity contribution in [1.82, 2.24) is 4.98 Å². The van der Waals surface area contributed by atoms with E-state index in [-0.39, 0.29) is 0 Å². The first-order chi connectivity index (χ1) is 7.34. The number of hydrogen-bond donors (Lipinski definition) is 1. The van der Waals surface area contributed by atoms with Crippen molar-refractivity contribution in [3.63, 3.8) is 0 Å². The minimum Gasteiger partial charge on any atom is -0.381 e. The Morgan fingerprint density at radius 1 is 1.53 bits per heavy atom. The van der Waals surface area contributed by atoms with Crippen LogP contribution in [-0.2, 0) is 4.74 Å². The molecule has 2 heterocycles. The zero-order valence-electron chi connectivity index (χ0n) is 9.20. The fourth-order valence-corrected chi connectivity index (χ4v) is 1.79. The van der Waals surface area contributed by atoms with Crippen LogP contribution in [0.1, 0.15) is 18.4 Å². The number of pyridine rings is 1. The summed E-state index contributed by atoms with van der Waals surface area (Å²) in [6.45, 7) is 4.91. The maximum Gasteiger partial charge on any atom is 0.125 e. The maximum absolute atomic E-state index is 5.33. The molecule has 0 aliphatic carbocycles. The molecule has 1 N–H and O–H groups in total. The fourth-order valence-electron chi connectivity index (χ4n) is 1.79. The molecule has 3 heteroatoms. The standard InChI is InChI=1S/C12H18N2O/c1-10-2-3-12(14-8-10)13-6-4-11-5-7-15-9-11/h2-3,8,11H,4-7,9H2,1H3,(H,13,14). The van der Waals surface area contributed by atoms with Gasteiger partial charge in [-0.2, -0.15) is 0 Å². The molecule has 0 bridgehead atoms. The van der Waals surface area contributed by atoms with E-state index in [0.29, 0.717) is 0 Å². The molecule has 0 amide bonds. The molecule has 0 aromatic carbocycles. The normalized spacial score (nSPS) is 20.5. The van der Waals surface area contributed by atoms with Crippen molar-refractivity contribution in [2.24, 2.45) is 5.92 Å². The van der Waals surface area contributed by atoms with Crippen molar-refractivity contribution >= 4 is 5.82 Å². The first kappa shape index (κ1) is 10.4. The molecular formula is C12H18N2O. The van der Waals surface area contributed by atoms with Gasteiger partial charge in [-0.25, -0.2) is 4.98 Å². The average molecular weight is 206 g/mol. The van der Waals surface area contributed by atoms with Crippen LogP contribution >= 0.6 is 0 Å². The van der Waals surface area contributed by atoms with Crippen molar-refractivity contribution < 1.29 is 4.74 Å². The summed E-state index contributed by atoms with van der Waals surface area (Å²) in [5.41, 5.74) is 1.20. The lowest BCUT2D eigenvalue weighted by molar-refractivity contribution is 0.185. The van der Waals surface area contributed by atoms with Crippen LogP contribution in [0, 0.1) is 12.8 Å². The van der Waals surface area contributed by atoms with E-state index in [1.165, 1.54) is 18.4 Å². The van der Waals surface area contributed by atoms with Crippen molar-refractivity contribution in [2.45, 2.75) is 19.8 Å². The van der Waals surface area contributed by atoms with Gasteiger partial charge in [-0.15, -0.1) is 0 Å². The Kier molecular flexibility index (Phi) is 3.56. The molecule has 15 heavy (non-hydrogen) atoms. The number of rotatable bonds is 4. The second-order valence-electron chi connectivity index (χ2n) is 4.17. The summed E-state index contributed by atoms with van der Waals surface area (Å²) in [5, 5.41) is 3.33. The highest BCUT2D eigenvalue weighted by Gasteiger charge is 2.14. The minimum absolute atomic E-state index is 0.739. The molecule has 1 atom stereocenters. The molecule has 0 spiro atoms. The predicted molar refractivity (Wildman–Crippen MR) is 61.0 cm³/mol. The van der Waals surface area contributed by atoms with E-state index < -0.39 is 0 Å². The van der Waals surface area contributed by atoms with Crippen LogP contribution in [0.5, 0.6) is 0 Å². The number of anilines is 1. The predicted octanol–water partition coefficient (Wildman–Crippen LogP) is 2.23. The van der Waals surface area contributed by atoms with Gasteiger partial charge in [0, 0.05) is 26.0 Å². The molecule has 0 saturated carbocycles. The van der Waals surface area contributed by atoms with Gasteiger partial charge >= 0.3 is 0 Å². The average Bonchev–Trinajstić information content (AvgIpc) is 2.74. The highest BCUT2D eigenvalue weighted by Crippen LogP contribution is 2.16. The number of aromatic nitrogens is 1. The largest absolute Gasteiger partial charge is 0.381 e. The minimum atomic E-state index is 0.739. The third-order valence-corrected chi connectivity index (χ3v) is 2.79. The van der Waals surface area contributed by atoms with E-state index >= 15 is 0 Å². The summed E-state index contributed by atoms with van der Waals surface area (Å²) in [7, 11) is 0. The molecule has 1 aliphatic heterocycles. The van der Waals surface area contributed by atoms with Crippen molar-refractivity contribution in [3.05, 3.63) is 23.9 Å². The molecular weight excluding hydrogens is 188 g/mol. The molecule has 1 aromatic rings. The summed E-state index contributed by atoms with van der Waals surface area (Å²) < 4.78 is 5.33. The highest BCUT2D eigenvalue weighted by molar-refractivity contribution is 5.34. The smallest absolute Gasteiger partial charge is 0.125 e. The Balaban J connectivity index is 1.71. The van der Waals surface area contributed by atoms with Crippen LogP contribution in [0.3, 0.4) is 0 Å². The van der Waals surface area contributed by atoms with Crippen molar-refractivity contribution in [2.75, 3.05) is 25.1 Å². The lowest BCUT2D eigenvalue weighted by atomic mass is 10.1. The van der Waals surface area contributed by atoms with Crippen LogP contribution < -0.4 is 5.32 Å². The quantitative estimate of drug-likeness (QED) is 0.820. The van der Waals surface area contributed by atoms with Crippen LogP contribution in [0.25, 0.3) is 0 Å². The van der Waals surface area contributed by atoms with E-state index in [1.54, 1.807) is 0 Å². The molecule has 1 unspecified atom stereocenters. The van der Waals surface area contributed by atoms with Crippen LogP contribution in [0.15, 0.2) is 18.3 Å². The summed E-state index contributed by atoms with van der Waals surface area (Å²) in [4.78, 5) is 4.30. The van der Waals surface area contributed by atoms with E-state index in [0.717, 1.165) is 31.5 Å². The van der Waals surface area contributed by atoms with E-state index in [1.807, 2.05) is 19.2 Å². The summed E-state index contributed by atoms with van der Waals surface area (Å²) in [5.74, 6) is 1.71. The molecule has 1 aromatic heterocycles. The van der Waals surface area contributed by atoms with Gasteiger partial charge in [0.1, 0.15) is 5.82 Å². The lowest BCUT2D eigenvalue weighted by Gasteiger charge is -2.09. The van der Waals surface area contributed by atoms with E-state index in [4.69, 9.17) is 4.74 Å². The zero-order chi connectivity index (χ0) is 10.5. The van der Waals surface area contributed by atoms with E-state index in [9.17, 15) is 0 Å². The summed E-state index contributed by atoms with van der Waals surface area (Å²) in [6.07, 6.45) is 4.28. The zero-order valence-corrected chi connectivity index (χ0v) is 9.20. The molecule has 3 nitrogen and oxygen atoms in total. The number of ether oxygens (including phenoxy) is 1.